The van der Waals surface area contributed by atoms with Crippen molar-refractivity contribution in [1.82, 2.24) is 0 Å². The van der Waals surface area contributed by atoms with Gasteiger partial charge in [0.25, 0.3) is 0 Å². The summed E-state index contributed by atoms with van der Waals surface area (Å²) >= 11 is 0. The molecule has 0 aliphatic heterocycles. The molecule has 3 heteroatoms. The van der Waals surface area contributed by atoms with E-state index in [4.69, 9.17) is 4.74 Å². The number of hydrogen-bond acceptors (Lipinski definition) is 2. The molecule has 0 fully saturated rings. The Bertz CT molecular complexity index is 378. The summed E-state index contributed by atoms with van der Waals surface area (Å²) in [5, 5.41) is 11.8. The molecule has 0 saturated carbocycles. The molecule has 0 aliphatic carbocycles. The van der Waals surface area contributed by atoms with E-state index in [1.54, 1.807) is 6.21 Å². The maximum atomic E-state index is 11.8. The standard InChI is InChI=1S/C13H19NO2/c1-5-16-12-9-7-6-8-11(12)10-14(15)13(2,3)4/h6-10H,5H2,1-4H3/b14-10-. The van der Waals surface area contributed by atoms with Crippen LogP contribution >= 0.6 is 0 Å². The second-order valence-corrected chi connectivity index (χ2v) is 4.60. The highest BCUT2D eigenvalue weighted by Gasteiger charge is 2.18. The molecular weight excluding hydrogens is 202 g/mol. The van der Waals surface area contributed by atoms with E-state index in [1.807, 2.05) is 52.0 Å². The van der Waals surface area contributed by atoms with Crippen molar-refractivity contribution in [3.05, 3.63) is 35.0 Å². The lowest BCUT2D eigenvalue weighted by molar-refractivity contribution is -0.530. The van der Waals surface area contributed by atoms with E-state index in [1.165, 1.54) is 0 Å². The summed E-state index contributed by atoms with van der Waals surface area (Å²) in [6.07, 6.45) is 1.57. The van der Waals surface area contributed by atoms with Crippen LogP contribution in [0, 0.1) is 5.21 Å². The molecule has 0 N–H and O–H groups in total. The Morgan fingerprint density at radius 3 is 2.50 bits per heavy atom. The molecule has 1 aromatic rings. The van der Waals surface area contributed by atoms with Crippen LogP contribution < -0.4 is 4.74 Å². The van der Waals surface area contributed by atoms with E-state index in [2.05, 4.69) is 0 Å². The third-order valence-electron chi connectivity index (χ3n) is 2.14. The van der Waals surface area contributed by atoms with Gasteiger partial charge in [0.1, 0.15) is 5.75 Å². The van der Waals surface area contributed by atoms with Gasteiger partial charge < -0.3 is 9.94 Å². The number of hydroxylamine groups is 1. The van der Waals surface area contributed by atoms with Crippen LogP contribution in [-0.2, 0) is 0 Å². The average molecular weight is 221 g/mol. The Kier molecular flexibility index (Phi) is 3.93. The fourth-order valence-corrected chi connectivity index (χ4v) is 1.19. The molecule has 1 rings (SSSR count). The summed E-state index contributed by atoms with van der Waals surface area (Å²) in [4.78, 5) is 0. The first-order valence-corrected chi connectivity index (χ1v) is 5.48. The molecule has 0 heterocycles. The van der Waals surface area contributed by atoms with Crippen LogP contribution in [0.4, 0.5) is 0 Å². The zero-order valence-corrected chi connectivity index (χ0v) is 10.4. The van der Waals surface area contributed by atoms with Crippen molar-refractivity contribution in [2.24, 2.45) is 0 Å². The molecule has 0 radical (unpaired) electrons. The number of nitrogens with zero attached hydrogens (tertiary/aromatic N) is 1. The first-order chi connectivity index (χ1) is 7.45. The smallest absolute Gasteiger partial charge is 0.186 e. The van der Waals surface area contributed by atoms with Gasteiger partial charge in [-0.15, -0.1) is 0 Å². The van der Waals surface area contributed by atoms with Crippen LogP contribution in [0.1, 0.15) is 33.3 Å². The summed E-state index contributed by atoms with van der Waals surface area (Å²) < 4.78 is 6.40. The maximum Gasteiger partial charge on any atom is 0.186 e. The van der Waals surface area contributed by atoms with Gasteiger partial charge in [0.05, 0.1) is 12.2 Å². The van der Waals surface area contributed by atoms with Crippen LogP contribution in [0.25, 0.3) is 0 Å². The average Bonchev–Trinajstić information content (AvgIpc) is 2.20. The number of hydrogen-bond donors (Lipinski definition) is 0. The van der Waals surface area contributed by atoms with Crippen molar-refractivity contribution < 1.29 is 9.48 Å². The van der Waals surface area contributed by atoms with E-state index < -0.39 is 5.54 Å². The van der Waals surface area contributed by atoms with Crippen LogP contribution in [-0.4, -0.2) is 23.1 Å². The Hall–Kier alpha value is -1.51. The van der Waals surface area contributed by atoms with Crippen molar-refractivity contribution in [2.45, 2.75) is 33.2 Å². The molecule has 0 aliphatic rings. The minimum absolute atomic E-state index is 0.431. The van der Waals surface area contributed by atoms with Crippen LogP contribution in [0.2, 0.25) is 0 Å². The molecule has 3 nitrogen and oxygen atoms in total. The van der Waals surface area contributed by atoms with Gasteiger partial charge in [0.2, 0.25) is 0 Å². The summed E-state index contributed by atoms with van der Waals surface area (Å²) in [5.41, 5.74) is 0.383. The first kappa shape index (κ1) is 12.6. The van der Waals surface area contributed by atoms with Crippen molar-refractivity contribution >= 4 is 6.21 Å². The third kappa shape index (κ3) is 3.26. The quantitative estimate of drug-likeness (QED) is 0.340. The van der Waals surface area contributed by atoms with Gasteiger partial charge >= 0.3 is 0 Å². The van der Waals surface area contributed by atoms with Gasteiger partial charge in [0.15, 0.2) is 11.8 Å². The molecule has 0 spiro atoms. The maximum absolute atomic E-state index is 11.8. The monoisotopic (exact) mass is 221 g/mol. The molecule has 0 amide bonds. The van der Waals surface area contributed by atoms with E-state index in [9.17, 15) is 5.21 Å². The van der Waals surface area contributed by atoms with E-state index >= 15 is 0 Å². The van der Waals surface area contributed by atoms with Crippen LogP contribution in [0.15, 0.2) is 24.3 Å². The van der Waals surface area contributed by atoms with Crippen molar-refractivity contribution in [2.75, 3.05) is 6.61 Å². The zero-order chi connectivity index (χ0) is 12.2. The van der Waals surface area contributed by atoms with E-state index in [0.29, 0.717) is 6.61 Å². The summed E-state index contributed by atoms with van der Waals surface area (Å²) in [5.74, 6) is 0.745. The predicted octanol–water partition coefficient (Wildman–Crippen LogP) is 2.81. The topological polar surface area (TPSA) is 35.3 Å². The third-order valence-corrected chi connectivity index (χ3v) is 2.14. The van der Waals surface area contributed by atoms with E-state index in [-0.39, 0.29) is 0 Å². The molecular formula is C13H19NO2. The number of rotatable bonds is 3. The first-order valence-electron chi connectivity index (χ1n) is 5.48. The molecule has 88 valence electrons. The molecule has 0 bridgehead atoms. The number of para-hydroxylation sites is 1. The predicted molar refractivity (Wildman–Crippen MR) is 66.2 cm³/mol. The molecule has 0 unspecified atom stereocenters. The Labute approximate surface area is 97.0 Å². The number of benzene rings is 1. The number of ether oxygens (including phenoxy) is 1. The van der Waals surface area contributed by atoms with Crippen LogP contribution in [0.3, 0.4) is 0 Å². The normalized spacial score (nSPS) is 12.6. The highest BCUT2D eigenvalue weighted by Crippen LogP contribution is 2.16. The molecule has 1 aromatic carbocycles. The minimum Gasteiger partial charge on any atom is -0.623 e. The summed E-state index contributed by atoms with van der Waals surface area (Å²) in [6.45, 7) is 8.15. The summed E-state index contributed by atoms with van der Waals surface area (Å²) in [6, 6.07) is 7.53. The fourth-order valence-electron chi connectivity index (χ4n) is 1.19. The van der Waals surface area contributed by atoms with Gasteiger partial charge in [-0.05, 0) is 19.1 Å². The van der Waals surface area contributed by atoms with Gasteiger partial charge in [-0.3, -0.25) is 0 Å². The van der Waals surface area contributed by atoms with Gasteiger partial charge in [-0.2, -0.15) is 0 Å². The highest BCUT2D eigenvalue weighted by molar-refractivity contribution is 5.80. The molecule has 0 saturated heterocycles. The van der Waals surface area contributed by atoms with Crippen molar-refractivity contribution in [3.8, 4) is 5.75 Å². The van der Waals surface area contributed by atoms with Crippen molar-refractivity contribution in [3.63, 3.8) is 0 Å². The molecule has 0 aromatic heterocycles. The molecule has 0 atom stereocenters. The highest BCUT2D eigenvalue weighted by atomic mass is 16.5. The Morgan fingerprint density at radius 2 is 1.94 bits per heavy atom. The largest absolute Gasteiger partial charge is 0.623 e. The SMILES string of the molecule is CCOc1ccccc1/C=[N+](\[O-])C(C)(C)C. The van der Waals surface area contributed by atoms with Crippen molar-refractivity contribution in [1.29, 1.82) is 0 Å². The summed E-state index contributed by atoms with van der Waals surface area (Å²) in [7, 11) is 0. The minimum atomic E-state index is -0.431. The lowest BCUT2D eigenvalue weighted by Gasteiger charge is -2.19. The van der Waals surface area contributed by atoms with Gasteiger partial charge in [0, 0.05) is 20.8 Å². The molecule has 16 heavy (non-hydrogen) atoms. The van der Waals surface area contributed by atoms with Gasteiger partial charge in [-0.25, -0.2) is 4.74 Å². The zero-order valence-electron chi connectivity index (χ0n) is 10.4. The lowest BCUT2D eigenvalue weighted by atomic mass is 10.1. The fraction of sp³-hybridized carbons (Fsp3) is 0.462. The van der Waals surface area contributed by atoms with Gasteiger partial charge in [-0.1, -0.05) is 12.1 Å². The Morgan fingerprint density at radius 1 is 1.31 bits per heavy atom. The van der Waals surface area contributed by atoms with Crippen LogP contribution in [0.5, 0.6) is 5.75 Å². The van der Waals surface area contributed by atoms with E-state index in [0.717, 1.165) is 16.1 Å². The Balaban J connectivity index is 3.05. The second-order valence-electron chi connectivity index (χ2n) is 4.60. The second kappa shape index (κ2) is 5.01. The lowest BCUT2D eigenvalue weighted by Crippen LogP contribution is -2.29.